The van der Waals surface area contributed by atoms with Gasteiger partial charge < -0.3 is 5.11 Å². The molecule has 0 amide bonds. The van der Waals surface area contributed by atoms with Crippen LogP contribution in [0.4, 0.5) is 0 Å². The van der Waals surface area contributed by atoms with Crippen LogP contribution in [0.2, 0.25) is 0 Å². The van der Waals surface area contributed by atoms with Gasteiger partial charge in [0.1, 0.15) is 5.75 Å². The molecule has 19 heavy (non-hydrogen) atoms. The number of sulfonamides is 1. The lowest BCUT2D eigenvalue weighted by Gasteiger charge is -2.07. The van der Waals surface area contributed by atoms with Gasteiger partial charge in [-0.05, 0) is 23.3 Å². The summed E-state index contributed by atoms with van der Waals surface area (Å²) in [6, 6.07) is 15.5. The molecule has 2 rings (SSSR count). The molecule has 100 valence electrons. The maximum absolute atomic E-state index is 11.9. The predicted octanol–water partition coefficient (Wildman–Crippen LogP) is 2.01. The van der Waals surface area contributed by atoms with Crippen LogP contribution in [0.25, 0.3) is 0 Å². The maximum atomic E-state index is 11.9. The number of phenols is 1. The Balaban J connectivity index is 1.97. The Morgan fingerprint density at radius 2 is 1.53 bits per heavy atom. The lowest BCUT2D eigenvalue weighted by molar-refractivity contribution is 0.475. The van der Waals surface area contributed by atoms with Crippen molar-refractivity contribution in [3.05, 3.63) is 65.7 Å². The average molecular weight is 277 g/mol. The summed E-state index contributed by atoms with van der Waals surface area (Å²) in [4.78, 5) is 0. The largest absolute Gasteiger partial charge is 0.508 e. The van der Waals surface area contributed by atoms with Gasteiger partial charge in [-0.1, -0.05) is 42.5 Å². The molecule has 0 heterocycles. The quantitative estimate of drug-likeness (QED) is 0.878. The zero-order valence-corrected chi connectivity index (χ0v) is 11.1. The maximum Gasteiger partial charge on any atom is 0.216 e. The van der Waals surface area contributed by atoms with Gasteiger partial charge in [0.2, 0.25) is 10.0 Å². The molecular weight excluding hydrogens is 262 g/mol. The Hall–Kier alpha value is -1.85. The zero-order chi connectivity index (χ0) is 13.7. The van der Waals surface area contributed by atoms with Crippen LogP contribution >= 0.6 is 0 Å². The minimum Gasteiger partial charge on any atom is -0.508 e. The summed E-state index contributed by atoms with van der Waals surface area (Å²) in [7, 11) is -3.38. The van der Waals surface area contributed by atoms with E-state index in [1.165, 1.54) is 12.1 Å². The normalized spacial score (nSPS) is 11.4. The van der Waals surface area contributed by atoms with E-state index < -0.39 is 10.0 Å². The first kappa shape index (κ1) is 13.6. The monoisotopic (exact) mass is 277 g/mol. The van der Waals surface area contributed by atoms with Crippen molar-refractivity contribution >= 4 is 10.0 Å². The topological polar surface area (TPSA) is 66.4 Å². The second kappa shape index (κ2) is 5.86. The molecule has 0 saturated carbocycles. The molecule has 2 N–H and O–H groups in total. The zero-order valence-electron chi connectivity index (χ0n) is 10.3. The average Bonchev–Trinajstić information content (AvgIpc) is 2.40. The minimum atomic E-state index is -3.38. The fourth-order valence-corrected chi connectivity index (χ4v) is 2.77. The van der Waals surface area contributed by atoms with E-state index in [-0.39, 0.29) is 18.0 Å². The lowest BCUT2D eigenvalue weighted by atomic mass is 10.2. The highest BCUT2D eigenvalue weighted by atomic mass is 32.2. The van der Waals surface area contributed by atoms with Gasteiger partial charge in [0.05, 0.1) is 5.75 Å². The Bertz CT molecular complexity index is 622. The van der Waals surface area contributed by atoms with Crippen molar-refractivity contribution in [3.63, 3.8) is 0 Å². The molecule has 0 unspecified atom stereocenters. The van der Waals surface area contributed by atoms with Gasteiger partial charge in [-0.25, -0.2) is 13.1 Å². The minimum absolute atomic E-state index is 0.0971. The number of rotatable bonds is 5. The van der Waals surface area contributed by atoms with Crippen molar-refractivity contribution in [3.8, 4) is 5.75 Å². The highest BCUT2D eigenvalue weighted by Crippen LogP contribution is 2.12. The van der Waals surface area contributed by atoms with Gasteiger partial charge in [0, 0.05) is 6.54 Å². The molecule has 5 heteroatoms. The number of phenolic OH excluding ortho intramolecular Hbond substituents is 1. The smallest absolute Gasteiger partial charge is 0.216 e. The van der Waals surface area contributed by atoms with E-state index in [0.717, 1.165) is 5.56 Å². The van der Waals surface area contributed by atoms with Gasteiger partial charge in [-0.15, -0.1) is 0 Å². The van der Waals surface area contributed by atoms with Crippen LogP contribution in [0.5, 0.6) is 5.75 Å². The Morgan fingerprint density at radius 3 is 2.16 bits per heavy atom. The molecule has 0 aromatic heterocycles. The lowest BCUT2D eigenvalue weighted by Crippen LogP contribution is -2.24. The van der Waals surface area contributed by atoms with Crippen LogP contribution in [0.15, 0.2) is 54.6 Å². The molecule has 0 spiro atoms. The molecule has 2 aromatic carbocycles. The summed E-state index contributed by atoms with van der Waals surface area (Å²) in [5, 5.41) is 9.14. The van der Waals surface area contributed by atoms with Crippen LogP contribution < -0.4 is 4.72 Å². The predicted molar refractivity (Wildman–Crippen MR) is 74.0 cm³/mol. The van der Waals surface area contributed by atoms with Crippen LogP contribution in [0.1, 0.15) is 11.1 Å². The van der Waals surface area contributed by atoms with Crippen molar-refractivity contribution in [1.29, 1.82) is 0 Å². The molecule has 0 aliphatic rings. The molecule has 0 atom stereocenters. The summed E-state index contributed by atoms with van der Waals surface area (Å²) >= 11 is 0. The first-order valence-corrected chi connectivity index (χ1v) is 7.49. The van der Waals surface area contributed by atoms with Crippen LogP contribution in [-0.2, 0) is 22.3 Å². The Morgan fingerprint density at radius 1 is 0.895 bits per heavy atom. The number of hydrogen-bond acceptors (Lipinski definition) is 3. The van der Waals surface area contributed by atoms with Gasteiger partial charge in [0.25, 0.3) is 0 Å². The number of nitrogens with one attached hydrogen (secondary N) is 1. The highest BCUT2D eigenvalue weighted by Gasteiger charge is 2.11. The van der Waals surface area contributed by atoms with Gasteiger partial charge >= 0.3 is 0 Å². The molecule has 0 bridgehead atoms. The number of aromatic hydroxyl groups is 1. The van der Waals surface area contributed by atoms with E-state index >= 15 is 0 Å². The van der Waals surface area contributed by atoms with Gasteiger partial charge in [-0.3, -0.25) is 0 Å². The molecule has 4 nitrogen and oxygen atoms in total. The third-order valence-electron chi connectivity index (χ3n) is 2.63. The molecule has 2 aromatic rings. The summed E-state index contributed by atoms with van der Waals surface area (Å²) in [6.45, 7) is 0.279. The summed E-state index contributed by atoms with van der Waals surface area (Å²) < 4.78 is 26.3. The van der Waals surface area contributed by atoms with Gasteiger partial charge in [-0.2, -0.15) is 0 Å². The number of benzene rings is 2. The Labute approximate surface area is 112 Å². The van der Waals surface area contributed by atoms with E-state index in [9.17, 15) is 8.42 Å². The second-order valence-electron chi connectivity index (χ2n) is 4.23. The highest BCUT2D eigenvalue weighted by molar-refractivity contribution is 7.88. The summed E-state index contributed by atoms with van der Waals surface area (Å²) in [5.41, 5.74) is 1.55. The van der Waals surface area contributed by atoms with E-state index in [4.69, 9.17) is 5.11 Å². The summed E-state index contributed by atoms with van der Waals surface area (Å²) in [5.74, 6) is 0.0264. The standard InChI is InChI=1S/C14H15NO3S/c16-14-8-6-13(7-9-14)11-19(17,18)15-10-12-4-2-1-3-5-12/h1-9,15-16H,10-11H2. The molecule has 0 aliphatic heterocycles. The van der Waals surface area contributed by atoms with E-state index in [1.54, 1.807) is 12.1 Å². The Kier molecular flexibility index (Phi) is 4.19. The molecule has 0 radical (unpaired) electrons. The van der Waals surface area contributed by atoms with Crippen molar-refractivity contribution < 1.29 is 13.5 Å². The molecule has 0 saturated heterocycles. The molecular formula is C14H15NO3S. The fourth-order valence-electron chi connectivity index (χ4n) is 1.65. The van der Waals surface area contributed by atoms with E-state index in [1.807, 2.05) is 30.3 Å². The van der Waals surface area contributed by atoms with E-state index in [0.29, 0.717) is 5.56 Å². The SMILES string of the molecule is O=S(=O)(Cc1ccc(O)cc1)NCc1ccccc1. The second-order valence-corrected chi connectivity index (χ2v) is 6.04. The van der Waals surface area contributed by atoms with Crippen molar-refractivity contribution in [2.75, 3.05) is 0 Å². The third kappa shape index (κ3) is 4.39. The molecule has 0 fully saturated rings. The fraction of sp³-hybridized carbons (Fsp3) is 0.143. The van der Waals surface area contributed by atoms with Crippen LogP contribution in [0, 0.1) is 0 Å². The van der Waals surface area contributed by atoms with E-state index in [2.05, 4.69) is 4.72 Å². The van der Waals surface area contributed by atoms with Crippen molar-refractivity contribution in [2.24, 2.45) is 0 Å². The van der Waals surface area contributed by atoms with Crippen LogP contribution in [0.3, 0.4) is 0 Å². The van der Waals surface area contributed by atoms with Crippen molar-refractivity contribution in [2.45, 2.75) is 12.3 Å². The molecule has 0 aliphatic carbocycles. The first-order valence-electron chi connectivity index (χ1n) is 5.84. The van der Waals surface area contributed by atoms with Crippen molar-refractivity contribution in [1.82, 2.24) is 4.72 Å². The third-order valence-corrected chi connectivity index (χ3v) is 3.93. The number of hydrogen-bond donors (Lipinski definition) is 2. The first-order chi connectivity index (χ1) is 9.05. The van der Waals surface area contributed by atoms with Crippen LogP contribution in [-0.4, -0.2) is 13.5 Å². The van der Waals surface area contributed by atoms with Gasteiger partial charge in [0.15, 0.2) is 0 Å². The summed E-state index contributed by atoms with van der Waals surface area (Å²) in [6.07, 6.45) is 0.